The molecule has 1 unspecified atom stereocenters. The summed E-state index contributed by atoms with van der Waals surface area (Å²) in [6.45, 7) is 0.260. The molecule has 1 heterocycles. The Balaban J connectivity index is 2.04. The number of rotatable bonds is 5. The standard InChI is InChI=1S/C15H17NO3S/c1-16(10-13(17)14-7-4-8-20-14)15(18)11-5-3-6-12(9-11)19-2/h3-9,13,17H,10H2,1-2H3. The van der Waals surface area contributed by atoms with Crippen LogP contribution in [0.1, 0.15) is 21.3 Å². The van der Waals surface area contributed by atoms with E-state index in [1.807, 2.05) is 17.5 Å². The molecule has 1 N–H and O–H groups in total. The second-order valence-corrected chi connectivity index (χ2v) is 5.43. The molecular formula is C15H17NO3S. The number of aliphatic hydroxyl groups is 1. The minimum atomic E-state index is -0.658. The topological polar surface area (TPSA) is 49.8 Å². The molecule has 2 aromatic rings. The SMILES string of the molecule is COc1cccc(C(=O)N(C)CC(O)c2cccs2)c1. The molecule has 5 heteroatoms. The normalized spacial score (nSPS) is 11.9. The maximum absolute atomic E-state index is 12.3. The van der Waals surface area contributed by atoms with Gasteiger partial charge in [0.1, 0.15) is 11.9 Å². The van der Waals surface area contributed by atoms with Crippen LogP contribution in [0.2, 0.25) is 0 Å². The van der Waals surface area contributed by atoms with Gasteiger partial charge >= 0.3 is 0 Å². The quantitative estimate of drug-likeness (QED) is 0.921. The van der Waals surface area contributed by atoms with E-state index in [9.17, 15) is 9.90 Å². The molecule has 0 aliphatic carbocycles. The van der Waals surface area contributed by atoms with E-state index in [1.165, 1.54) is 16.2 Å². The van der Waals surface area contributed by atoms with Gasteiger partial charge in [-0.2, -0.15) is 0 Å². The highest BCUT2D eigenvalue weighted by Crippen LogP contribution is 2.20. The number of aliphatic hydroxyl groups excluding tert-OH is 1. The lowest BCUT2D eigenvalue weighted by atomic mass is 10.2. The van der Waals surface area contributed by atoms with Crippen molar-refractivity contribution in [1.82, 2.24) is 4.90 Å². The Kier molecular flexibility index (Phi) is 4.76. The molecule has 1 atom stereocenters. The monoisotopic (exact) mass is 291 g/mol. The molecular weight excluding hydrogens is 274 g/mol. The molecule has 0 aliphatic rings. The second kappa shape index (κ2) is 6.54. The summed E-state index contributed by atoms with van der Waals surface area (Å²) >= 11 is 1.48. The molecule has 2 rings (SSSR count). The van der Waals surface area contributed by atoms with Crippen molar-refractivity contribution < 1.29 is 14.6 Å². The Morgan fingerprint density at radius 1 is 1.40 bits per heavy atom. The lowest BCUT2D eigenvalue weighted by Gasteiger charge is -2.20. The van der Waals surface area contributed by atoms with Crippen molar-refractivity contribution in [3.63, 3.8) is 0 Å². The van der Waals surface area contributed by atoms with Crippen LogP contribution in [0, 0.1) is 0 Å². The zero-order valence-electron chi connectivity index (χ0n) is 11.4. The van der Waals surface area contributed by atoms with Gasteiger partial charge in [0.25, 0.3) is 5.91 Å². The van der Waals surface area contributed by atoms with Crippen molar-refractivity contribution in [3.8, 4) is 5.75 Å². The van der Waals surface area contributed by atoms with Crippen molar-refractivity contribution >= 4 is 17.2 Å². The molecule has 106 valence electrons. The largest absolute Gasteiger partial charge is 0.497 e. The van der Waals surface area contributed by atoms with E-state index in [4.69, 9.17) is 4.74 Å². The third kappa shape index (κ3) is 3.37. The molecule has 0 radical (unpaired) electrons. The zero-order chi connectivity index (χ0) is 14.5. The maximum Gasteiger partial charge on any atom is 0.253 e. The molecule has 0 spiro atoms. The summed E-state index contributed by atoms with van der Waals surface area (Å²) in [6.07, 6.45) is -0.658. The maximum atomic E-state index is 12.3. The smallest absolute Gasteiger partial charge is 0.253 e. The number of benzene rings is 1. The van der Waals surface area contributed by atoms with Crippen LogP contribution in [0.25, 0.3) is 0 Å². The second-order valence-electron chi connectivity index (χ2n) is 4.45. The summed E-state index contributed by atoms with van der Waals surface area (Å²) in [4.78, 5) is 14.7. The number of hydrogen-bond acceptors (Lipinski definition) is 4. The Morgan fingerprint density at radius 3 is 2.85 bits per heavy atom. The summed E-state index contributed by atoms with van der Waals surface area (Å²) in [7, 11) is 3.24. The van der Waals surface area contributed by atoms with E-state index < -0.39 is 6.10 Å². The van der Waals surface area contributed by atoms with Gasteiger partial charge in [0, 0.05) is 17.5 Å². The molecule has 1 amide bonds. The van der Waals surface area contributed by atoms with Crippen LogP contribution < -0.4 is 4.74 Å². The Morgan fingerprint density at radius 2 is 2.20 bits per heavy atom. The van der Waals surface area contributed by atoms with E-state index >= 15 is 0 Å². The van der Waals surface area contributed by atoms with Crippen LogP contribution in [-0.4, -0.2) is 36.6 Å². The van der Waals surface area contributed by atoms with Crippen molar-refractivity contribution in [2.75, 3.05) is 20.7 Å². The van der Waals surface area contributed by atoms with Crippen LogP contribution in [0.3, 0.4) is 0 Å². The first-order valence-electron chi connectivity index (χ1n) is 6.23. The molecule has 1 aromatic heterocycles. The highest BCUT2D eigenvalue weighted by Gasteiger charge is 2.17. The molecule has 0 bridgehead atoms. The Labute approximate surface area is 122 Å². The van der Waals surface area contributed by atoms with Gasteiger partial charge in [0.15, 0.2) is 0 Å². The minimum Gasteiger partial charge on any atom is -0.497 e. The van der Waals surface area contributed by atoms with Gasteiger partial charge in [0.05, 0.1) is 13.7 Å². The summed E-state index contributed by atoms with van der Waals surface area (Å²) < 4.78 is 5.11. The predicted molar refractivity (Wildman–Crippen MR) is 79.2 cm³/mol. The molecule has 0 fully saturated rings. The zero-order valence-corrected chi connectivity index (χ0v) is 12.3. The molecule has 20 heavy (non-hydrogen) atoms. The van der Waals surface area contributed by atoms with Crippen LogP contribution in [0.4, 0.5) is 0 Å². The summed E-state index contributed by atoms with van der Waals surface area (Å²) in [5.74, 6) is 0.502. The minimum absolute atomic E-state index is 0.139. The fourth-order valence-corrected chi connectivity index (χ4v) is 2.59. The van der Waals surface area contributed by atoms with Gasteiger partial charge in [-0.3, -0.25) is 4.79 Å². The van der Waals surface area contributed by atoms with E-state index in [-0.39, 0.29) is 12.5 Å². The number of ether oxygens (including phenoxy) is 1. The summed E-state index contributed by atoms with van der Waals surface area (Å²) in [5.41, 5.74) is 0.547. The number of hydrogen-bond donors (Lipinski definition) is 1. The lowest BCUT2D eigenvalue weighted by molar-refractivity contribution is 0.0685. The number of amides is 1. The number of carbonyl (C=O) groups is 1. The first-order valence-corrected chi connectivity index (χ1v) is 7.10. The molecule has 0 saturated heterocycles. The van der Waals surface area contributed by atoms with E-state index in [0.29, 0.717) is 11.3 Å². The first-order chi connectivity index (χ1) is 9.61. The van der Waals surface area contributed by atoms with Crippen molar-refractivity contribution in [2.45, 2.75) is 6.10 Å². The summed E-state index contributed by atoms with van der Waals surface area (Å²) in [5, 5.41) is 12.0. The number of likely N-dealkylation sites (N-methyl/N-ethyl adjacent to an activating group) is 1. The van der Waals surface area contributed by atoms with Crippen molar-refractivity contribution in [1.29, 1.82) is 0 Å². The highest BCUT2D eigenvalue weighted by atomic mass is 32.1. The van der Waals surface area contributed by atoms with Crippen molar-refractivity contribution in [2.24, 2.45) is 0 Å². The summed E-state index contributed by atoms with van der Waals surface area (Å²) in [6, 6.07) is 10.7. The fourth-order valence-electron chi connectivity index (χ4n) is 1.89. The predicted octanol–water partition coefficient (Wildman–Crippen LogP) is 2.56. The third-order valence-electron chi connectivity index (χ3n) is 2.98. The highest BCUT2D eigenvalue weighted by molar-refractivity contribution is 7.10. The van der Waals surface area contributed by atoms with Gasteiger partial charge in [-0.15, -0.1) is 11.3 Å². The van der Waals surface area contributed by atoms with Gasteiger partial charge in [-0.1, -0.05) is 12.1 Å². The lowest BCUT2D eigenvalue weighted by Crippen LogP contribution is -2.30. The van der Waals surface area contributed by atoms with E-state index in [2.05, 4.69) is 0 Å². The molecule has 1 aromatic carbocycles. The number of carbonyl (C=O) groups excluding carboxylic acids is 1. The van der Waals surface area contributed by atoms with Gasteiger partial charge in [-0.05, 0) is 29.6 Å². The fraction of sp³-hybridized carbons (Fsp3) is 0.267. The molecule has 4 nitrogen and oxygen atoms in total. The third-order valence-corrected chi connectivity index (χ3v) is 3.96. The average Bonchev–Trinajstić information content (AvgIpc) is 3.00. The Hall–Kier alpha value is -1.85. The van der Waals surface area contributed by atoms with Crippen LogP contribution in [-0.2, 0) is 0 Å². The van der Waals surface area contributed by atoms with Gasteiger partial charge < -0.3 is 14.7 Å². The number of methoxy groups -OCH3 is 1. The van der Waals surface area contributed by atoms with Crippen LogP contribution >= 0.6 is 11.3 Å². The van der Waals surface area contributed by atoms with E-state index in [1.54, 1.807) is 38.4 Å². The Bertz CT molecular complexity index is 568. The molecule has 0 aliphatic heterocycles. The van der Waals surface area contributed by atoms with Gasteiger partial charge in [0.2, 0.25) is 0 Å². The average molecular weight is 291 g/mol. The van der Waals surface area contributed by atoms with Gasteiger partial charge in [-0.25, -0.2) is 0 Å². The van der Waals surface area contributed by atoms with Crippen LogP contribution in [0.15, 0.2) is 41.8 Å². The number of nitrogens with zero attached hydrogens (tertiary/aromatic N) is 1. The van der Waals surface area contributed by atoms with Crippen molar-refractivity contribution in [3.05, 3.63) is 52.2 Å². The van der Waals surface area contributed by atoms with E-state index in [0.717, 1.165) is 4.88 Å². The number of thiophene rings is 1. The molecule has 0 saturated carbocycles. The van der Waals surface area contributed by atoms with Crippen LogP contribution in [0.5, 0.6) is 5.75 Å². The first kappa shape index (κ1) is 14.6.